The van der Waals surface area contributed by atoms with E-state index in [0.29, 0.717) is 12.1 Å². The maximum Gasteiger partial charge on any atom is 0.330 e. The van der Waals surface area contributed by atoms with Crippen molar-refractivity contribution < 1.29 is 88.6 Å². The smallest absolute Gasteiger partial charge is 0.330 e. The van der Waals surface area contributed by atoms with E-state index >= 15 is 19.2 Å². The third-order valence-corrected chi connectivity index (χ3v) is 17.8. The number of carboxylic acid groups (broad SMARTS) is 1. The SMILES string of the molecule is CCCCCCCCCCNCc1c(O)cc2c(c1O)-c1cc(ccc1O)[C@@H]1NC(=O)[C@H]3NC(=O)[C@H]4NC(=O)[C@H](Cc5ccc(c(Cl)c5)Oc5cc3cc(c5O)Oc3ccc(cc3Cl)C(O)[C@H](NC1=O)C(=O)N[C@@H]2C(=O)O)NC(=O)[C@@H](N)c1ccc(O)c(c1)Oc1cc(O)cc4c1. The van der Waals surface area contributed by atoms with E-state index < -0.39 is 147 Å². The van der Waals surface area contributed by atoms with E-state index in [4.69, 9.17) is 43.1 Å². The number of aliphatic hydroxyl groups excluding tert-OH is 1. The Morgan fingerprint density at radius 3 is 1.79 bits per heavy atom. The number of aliphatic carboxylic acids is 1. The monoisotopic (exact) mass is 1370 g/mol. The molecule has 7 aromatic carbocycles. The van der Waals surface area contributed by atoms with Gasteiger partial charge in [-0.05, 0) is 125 Å². The average molecular weight is 1370 g/mol. The normalized spacial score (nSPS) is 20.8. The fraction of sp³-hybridized carbons (Fsp3) is 0.290. The van der Waals surface area contributed by atoms with Crippen LogP contribution in [0.3, 0.4) is 0 Å². The second kappa shape index (κ2) is 28.8. The zero-order valence-corrected chi connectivity index (χ0v) is 53.3. The molecular weight excluding hydrogens is 1300 g/mol. The summed E-state index contributed by atoms with van der Waals surface area (Å²) in [5.41, 5.74) is 4.38. The molecular formula is C69H68Cl2N8O18. The van der Waals surface area contributed by atoms with Gasteiger partial charge in [-0.25, -0.2) is 4.79 Å². The largest absolute Gasteiger partial charge is 0.508 e. The molecule has 6 aliphatic heterocycles. The summed E-state index contributed by atoms with van der Waals surface area (Å²) in [6.07, 6.45) is 5.70. The second-order valence-corrected chi connectivity index (χ2v) is 24.8. The number of carbonyl (C=O) groups excluding carboxylic acids is 6. The number of phenolic OH excluding ortho intramolecular Hbond substituents is 6. The molecule has 28 heteroatoms. The van der Waals surface area contributed by atoms with Crippen molar-refractivity contribution in [1.29, 1.82) is 0 Å². The summed E-state index contributed by atoms with van der Waals surface area (Å²) < 4.78 is 18.6. The summed E-state index contributed by atoms with van der Waals surface area (Å²) in [7, 11) is 0. The predicted octanol–water partition coefficient (Wildman–Crippen LogP) is 8.22. The highest BCUT2D eigenvalue weighted by Crippen LogP contribution is 2.49. The molecule has 17 N–H and O–H groups in total. The molecule has 0 radical (unpaired) electrons. The predicted molar refractivity (Wildman–Crippen MR) is 349 cm³/mol. The molecule has 0 spiro atoms. The van der Waals surface area contributed by atoms with Gasteiger partial charge in [-0.2, -0.15) is 0 Å². The minimum Gasteiger partial charge on any atom is -0.508 e. The number of hydrogen-bond acceptors (Lipinski definition) is 19. The van der Waals surface area contributed by atoms with Crippen molar-refractivity contribution in [3.63, 3.8) is 0 Å². The summed E-state index contributed by atoms with van der Waals surface area (Å²) in [4.78, 5) is 105. The highest BCUT2D eigenvalue weighted by Gasteiger charge is 2.42. The van der Waals surface area contributed by atoms with Crippen LogP contribution in [0.4, 0.5) is 0 Å². The molecule has 506 valence electrons. The van der Waals surface area contributed by atoms with Gasteiger partial charge >= 0.3 is 5.97 Å². The van der Waals surface area contributed by atoms with Crippen LogP contribution in [0.15, 0.2) is 109 Å². The zero-order valence-electron chi connectivity index (χ0n) is 51.8. The number of unbranched alkanes of at least 4 members (excludes halogenated alkanes) is 7. The summed E-state index contributed by atoms with van der Waals surface area (Å²) in [5.74, 6) is -14.7. The Bertz CT molecular complexity index is 4310. The van der Waals surface area contributed by atoms with Crippen LogP contribution in [0.5, 0.6) is 69.0 Å². The molecule has 7 aromatic rings. The van der Waals surface area contributed by atoms with Crippen molar-refractivity contribution in [3.8, 4) is 80.1 Å². The highest BCUT2D eigenvalue weighted by atomic mass is 35.5. The Morgan fingerprint density at radius 2 is 1.12 bits per heavy atom. The second-order valence-electron chi connectivity index (χ2n) is 24.0. The molecule has 17 bridgehead atoms. The molecule has 6 heterocycles. The average Bonchev–Trinajstić information content (AvgIpc) is 0.763. The van der Waals surface area contributed by atoms with Crippen molar-refractivity contribution >= 4 is 64.6 Å². The molecule has 6 aliphatic rings. The molecule has 13 rings (SSSR count). The number of aliphatic hydroxyl groups is 1. The van der Waals surface area contributed by atoms with Gasteiger partial charge in [0.05, 0.1) is 15.6 Å². The minimum atomic E-state index is -2.21. The third kappa shape index (κ3) is 14.7. The highest BCUT2D eigenvalue weighted by molar-refractivity contribution is 6.32. The van der Waals surface area contributed by atoms with Gasteiger partial charge in [-0.3, -0.25) is 28.8 Å². The summed E-state index contributed by atoms with van der Waals surface area (Å²) in [5, 5.41) is 112. The first-order valence-electron chi connectivity index (χ1n) is 31.2. The van der Waals surface area contributed by atoms with Gasteiger partial charge in [-0.1, -0.05) is 99.3 Å². The van der Waals surface area contributed by atoms with Gasteiger partial charge in [0, 0.05) is 35.7 Å². The molecule has 6 amide bonds. The van der Waals surface area contributed by atoms with Gasteiger partial charge in [0.2, 0.25) is 41.2 Å². The summed E-state index contributed by atoms with van der Waals surface area (Å²) >= 11 is 13.8. The number of phenols is 6. The minimum absolute atomic E-state index is 0.121. The number of carbonyl (C=O) groups is 7. The van der Waals surface area contributed by atoms with Gasteiger partial charge in [0.1, 0.15) is 82.6 Å². The number of hydrogen-bond donors (Lipinski definition) is 16. The van der Waals surface area contributed by atoms with Gasteiger partial charge in [-0.15, -0.1) is 0 Å². The number of nitrogens with two attached hydrogens (primary N) is 1. The number of fused-ring (bicyclic) bond motifs is 14. The van der Waals surface area contributed by atoms with Crippen molar-refractivity contribution in [1.82, 2.24) is 37.2 Å². The van der Waals surface area contributed by atoms with Crippen molar-refractivity contribution in [2.45, 2.75) is 120 Å². The molecule has 0 saturated heterocycles. The number of carboxylic acids is 1. The first kappa shape index (κ1) is 67.9. The number of rotatable bonds is 12. The fourth-order valence-electron chi connectivity index (χ4n) is 12.1. The van der Waals surface area contributed by atoms with Gasteiger partial charge < -0.3 is 98.0 Å². The lowest BCUT2D eigenvalue weighted by molar-refractivity contribution is -0.143. The lowest BCUT2D eigenvalue weighted by atomic mass is 9.88. The number of benzene rings is 7. The number of halogens is 2. The first-order chi connectivity index (χ1) is 46.4. The van der Waals surface area contributed by atoms with E-state index in [1.165, 1.54) is 54.6 Å². The van der Waals surface area contributed by atoms with Gasteiger partial charge in [0.15, 0.2) is 29.0 Å². The summed E-state index contributed by atoms with van der Waals surface area (Å²) in [6, 6.07) is 7.65. The van der Waals surface area contributed by atoms with E-state index in [0.717, 1.165) is 106 Å². The standard InChI is InChI=1S/C69H68Cl2N8O18/c1-2-3-4-5-6-7-8-9-18-73-30-41-47(83)29-40-53(61(41)85)39-23-33(12-14-45(39)81)55-65(89)79-59(68(92)78-58(40)69(93)94)60(84)34-13-17-49(43(71)24-34)97-52-27-36-26-51(62(52)86)96-48-16-10-31(19-42(48)70)20-44-63(87)75-56(66(90)77-57(36)67(91)76-55)35-21-37(80)28-38(22-35)95-50-25-32(11-15-46(50)82)54(72)64(88)74-44/h10-17,19,21-29,44,54-60,73,80-86H,2-9,18,20,30,72H2,1H3,(H,74,88)(H,75,87)(H,76,91)(H,77,90)(H,78,92)(H,79,89)(H,93,94)/t44-,54-,55-,56-,57-,58-,59-,60?/m0/s1. The first-order valence-corrected chi connectivity index (χ1v) is 32.0. The van der Waals surface area contributed by atoms with E-state index in [9.17, 15) is 55.2 Å². The number of ether oxygens (including phenoxy) is 3. The molecule has 0 aliphatic carbocycles. The van der Waals surface area contributed by atoms with Crippen molar-refractivity contribution in [3.05, 3.63) is 164 Å². The molecule has 0 fully saturated rings. The van der Waals surface area contributed by atoms with E-state index in [1.807, 2.05) is 0 Å². The van der Waals surface area contributed by atoms with Crippen LogP contribution >= 0.6 is 23.2 Å². The van der Waals surface area contributed by atoms with Crippen LogP contribution in [-0.4, -0.2) is 101 Å². The maximum absolute atomic E-state index is 16.0. The molecule has 1 unspecified atom stereocenters. The molecule has 97 heavy (non-hydrogen) atoms. The van der Waals surface area contributed by atoms with E-state index in [1.54, 1.807) is 0 Å². The fourth-order valence-corrected chi connectivity index (χ4v) is 12.5. The van der Waals surface area contributed by atoms with Crippen LogP contribution in [0.25, 0.3) is 11.1 Å². The van der Waals surface area contributed by atoms with E-state index in [-0.39, 0.29) is 85.0 Å². The van der Waals surface area contributed by atoms with Crippen molar-refractivity contribution in [2.24, 2.45) is 5.73 Å². The lowest BCUT2D eigenvalue weighted by Crippen LogP contribution is -2.55. The third-order valence-electron chi connectivity index (χ3n) is 17.2. The number of nitrogens with one attached hydrogen (secondary N) is 7. The molecule has 26 nitrogen and oxygen atoms in total. The Balaban J connectivity index is 1.09. The van der Waals surface area contributed by atoms with Crippen LogP contribution in [-0.2, 0) is 46.5 Å². The quantitative estimate of drug-likeness (QED) is 0.0512. The maximum atomic E-state index is 16.0. The van der Waals surface area contributed by atoms with Crippen LogP contribution in [0.1, 0.15) is 139 Å². The Morgan fingerprint density at radius 1 is 0.536 bits per heavy atom. The lowest BCUT2D eigenvalue weighted by Gasteiger charge is -2.31. The molecule has 8 atom stereocenters. The molecule has 0 saturated carbocycles. The Kier molecular flexibility index (Phi) is 20.2. The van der Waals surface area contributed by atoms with E-state index in [2.05, 4.69) is 44.1 Å². The molecule has 0 aromatic heterocycles. The summed E-state index contributed by atoms with van der Waals surface area (Å²) in [6.45, 7) is 2.38. The van der Waals surface area contributed by atoms with Crippen LogP contribution in [0.2, 0.25) is 10.0 Å². The van der Waals surface area contributed by atoms with Crippen LogP contribution in [0, 0.1) is 0 Å². The topological polar surface area (TPSA) is 419 Å². The number of amides is 6. The Labute approximate surface area is 563 Å². The zero-order chi connectivity index (χ0) is 69.1. The van der Waals surface area contributed by atoms with Crippen LogP contribution < -0.4 is 57.2 Å². The van der Waals surface area contributed by atoms with Gasteiger partial charge in [0.25, 0.3) is 0 Å². The number of aromatic hydroxyl groups is 6. The Hall–Kier alpha value is -10.5. The van der Waals surface area contributed by atoms with Crippen molar-refractivity contribution in [2.75, 3.05) is 6.54 Å².